The minimum absolute atomic E-state index is 0.790. The molecule has 1 fully saturated rings. The quantitative estimate of drug-likeness (QED) is 0.544. The van der Waals surface area contributed by atoms with Crippen LogP contribution in [0.25, 0.3) is 28.1 Å². The van der Waals surface area contributed by atoms with Gasteiger partial charge in [0.2, 0.25) is 5.78 Å². The first kappa shape index (κ1) is 18.3. The second-order valence-electron chi connectivity index (χ2n) is 8.09. The average molecular weight is 390 g/mol. The van der Waals surface area contributed by atoms with Crippen molar-refractivity contribution in [2.45, 2.75) is 44.7 Å². The van der Waals surface area contributed by atoms with E-state index in [1.165, 1.54) is 43.4 Å². The molecule has 1 saturated carbocycles. The zero-order valence-electron chi connectivity index (χ0n) is 17.1. The lowest BCUT2D eigenvalue weighted by Gasteiger charge is -2.20. The largest absolute Gasteiger partial charge is 0.497 e. The Labute approximate surface area is 171 Å². The molecule has 0 unspecified atom stereocenters. The third kappa shape index (κ3) is 3.51. The van der Waals surface area contributed by atoms with Gasteiger partial charge in [0.15, 0.2) is 0 Å². The standard InChI is InChI=1S/C24H28N4O/c1-29-20-13-11-18(12-14-20)23-17-28-22-10-6-5-9-21(22)26-24(28)27(23)16-15-25-19-7-3-2-4-8-19/h5-6,9-14,17,19,25H,2-4,7-8,15-16H2,1H3/p+1. The minimum atomic E-state index is 0.790. The van der Waals surface area contributed by atoms with Crippen LogP contribution in [0.5, 0.6) is 5.75 Å². The number of ether oxygens (including phenoxy) is 1. The predicted molar refractivity (Wildman–Crippen MR) is 116 cm³/mol. The van der Waals surface area contributed by atoms with Gasteiger partial charge >= 0.3 is 0 Å². The molecular weight excluding hydrogens is 360 g/mol. The molecule has 1 aliphatic rings. The Morgan fingerprint density at radius 3 is 2.62 bits per heavy atom. The zero-order valence-corrected chi connectivity index (χ0v) is 17.1. The van der Waals surface area contributed by atoms with Gasteiger partial charge in [0.1, 0.15) is 5.75 Å². The van der Waals surface area contributed by atoms with Crippen LogP contribution in [-0.2, 0) is 6.54 Å². The fourth-order valence-electron chi connectivity index (χ4n) is 4.67. The van der Waals surface area contributed by atoms with Gasteiger partial charge < -0.3 is 14.6 Å². The van der Waals surface area contributed by atoms with Crippen LogP contribution in [0.3, 0.4) is 0 Å². The summed E-state index contributed by atoms with van der Waals surface area (Å²) in [6.07, 6.45) is 9.13. The molecule has 0 saturated heterocycles. The van der Waals surface area contributed by atoms with E-state index in [1.807, 2.05) is 12.1 Å². The maximum Gasteiger partial charge on any atom is 0.215 e. The fraction of sp³-hybridized carbons (Fsp3) is 0.375. The van der Waals surface area contributed by atoms with E-state index in [-0.39, 0.29) is 0 Å². The van der Waals surface area contributed by atoms with Gasteiger partial charge in [0.25, 0.3) is 0 Å². The number of hydrogen-bond acceptors (Lipinski definition) is 2. The second kappa shape index (κ2) is 7.91. The van der Waals surface area contributed by atoms with Crippen molar-refractivity contribution in [3.8, 4) is 17.0 Å². The summed E-state index contributed by atoms with van der Waals surface area (Å²) in [5, 5.41) is 2.55. The third-order valence-corrected chi connectivity index (χ3v) is 6.25. The molecule has 4 aromatic rings. The molecule has 150 valence electrons. The molecule has 1 aliphatic carbocycles. The molecule has 2 aromatic heterocycles. The summed E-state index contributed by atoms with van der Waals surface area (Å²) in [5.74, 6) is 1.90. The summed E-state index contributed by atoms with van der Waals surface area (Å²) in [4.78, 5) is 4.95. The molecule has 2 N–H and O–H groups in total. The highest BCUT2D eigenvalue weighted by Gasteiger charge is 2.18. The summed E-state index contributed by atoms with van der Waals surface area (Å²) in [5.41, 5.74) is 4.61. The van der Waals surface area contributed by atoms with E-state index in [4.69, 9.17) is 9.72 Å². The monoisotopic (exact) mass is 389 g/mol. The van der Waals surface area contributed by atoms with E-state index in [9.17, 15) is 0 Å². The van der Waals surface area contributed by atoms with Crippen molar-refractivity contribution in [3.63, 3.8) is 0 Å². The van der Waals surface area contributed by atoms with Gasteiger partial charge in [-0.1, -0.05) is 18.6 Å². The number of para-hydroxylation sites is 2. The molecule has 0 spiro atoms. The second-order valence-corrected chi connectivity index (χ2v) is 8.09. The molecule has 2 heterocycles. The Bertz CT molecular complexity index is 1100. The highest BCUT2D eigenvalue weighted by Crippen LogP contribution is 2.27. The SMILES string of the molecule is COc1ccc(-c2cn3c4ccccc4nc3n2CC[NH2+]C2CCCCC2)cc1. The number of fused-ring (bicyclic) bond motifs is 3. The van der Waals surface area contributed by atoms with E-state index < -0.39 is 0 Å². The van der Waals surface area contributed by atoms with Crippen molar-refractivity contribution in [1.82, 2.24) is 14.0 Å². The van der Waals surface area contributed by atoms with E-state index in [0.717, 1.165) is 41.7 Å². The van der Waals surface area contributed by atoms with Crippen LogP contribution in [-0.4, -0.2) is 33.6 Å². The van der Waals surface area contributed by atoms with Crippen molar-refractivity contribution in [3.05, 3.63) is 54.7 Å². The highest BCUT2D eigenvalue weighted by molar-refractivity contribution is 5.81. The number of methoxy groups -OCH3 is 1. The van der Waals surface area contributed by atoms with Crippen molar-refractivity contribution in [2.75, 3.05) is 13.7 Å². The van der Waals surface area contributed by atoms with Crippen LogP contribution >= 0.6 is 0 Å². The Morgan fingerprint density at radius 1 is 1.03 bits per heavy atom. The maximum absolute atomic E-state index is 5.34. The van der Waals surface area contributed by atoms with Crippen LogP contribution in [0, 0.1) is 0 Å². The molecule has 0 atom stereocenters. The zero-order chi connectivity index (χ0) is 19.6. The molecule has 2 aromatic carbocycles. The van der Waals surface area contributed by atoms with Gasteiger partial charge in [-0.05, 0) is 62.1 Å². The van der Waals surface area contributed by atoms with E-state index >= 15 is 0 Å². The third-order valence-electron chi connectivity index (χ3n) is 6.25. The lowest BCUT2D eigenvalue weighted by atomic mass is 9.95. The highest BCUT2D eigenvalue weighted by atomic mass is 16.5. The molecule has 0 bridgehead atoms. The topological polar surface area (TPSA) is 48.1 Å². The van der Waals surface area contributed by atoms with Crippen molar-refractivity contribution >= 4 is 16.8 Å². The number of hydrogen-bond donors (Lipinski definition) is 1. The van der Waals surface area contributed by atoms with Crippen LogP contribution in [0.4, 0.5) is 0 Å². The summed E-state index contributed by atoms with van der Waals surface area (Å²) in [6, 6.07) is 17.5. The van der Waals surface area contributed by atoms with Gasteiger partial charge in [0.05, 0.1) is 43.0 Å². The Kier molecular flexibility index (Phi) is 4.98. The summed E-state index contributed by atoms with van der Waals surface area (Å²) < 4.78 is 9.95. The van der Waals surface area contributed by atoms with Crippen molar-refractivity contribution in [2.24, 2.45) is 0 Å². The summed E-state index contributed by atoms with van der Waals surface area (Å²) in [6.45, 7) is 2.04. The van der Waals surface area contributed by atoms with E-state index in [0.29, 0.717) is 0 Å². The maximum atomic E-state index is 5.34. The fourth-order valence-corrected chi connectivity index (χ4v) is 4.67. The lowest BCUT2D eigenvalue weighted by molar-refractivity contribution is -0.692. The predicted octanol–water partition coefficient (Wildman–Crippen LogP) is 3.86. The summed E-state index contributed by atoms with van der Waals surface area (Å²) >= 11 is 0. The Balaban J connectivity index is 1.50. The first-order valence-electron chi connectivity index (χ1n) is 10.8. The molecule has 5 rings (SSSR count). The van der Waals surface area contributed by atoms with Gasteiger partial charge in [-0.25, -0.2) is 4.98 Å². The normalized spacial score (nSPS) is 15.3. The van der Waals surface area contributed by atoms with Gasteiger partial charge in [0, 0.05) is 11.8 Å². The van der Waals surface area contributed by atoms with Gasteiger partial charge in [-0.2, -0.15) is 0 Å². The Morgan fingerprint density at radius 2 is 1.83 bits per heavy atom. The number of quaternary nitrogens is 1. The Hall–Kier alpha value is -2.79. The molecular formula is C24H29N4O+. The van der Waals surface area contributed by atoms with Crippen LogP contribution in [0.1, 0.15) is 32.1 Å². The van der Waals surface area contributed by atoms with E-state index in [2.05, 4.69) is 56.9 Å². The van der Waals surface area contributed by atoms with Crippen LogP contribution in [0.2, 0.25) is 0 Å². The van der Waals surface area contributed by atoms with Crippen molar-refractivity contribution in [1.29, 1.82) is 0 Å². The number of nitrogens with two attached hydrogens (primary N) is 1. The molecule has 0 aliphatic heterocycles. The van der Waals surface area contributed by atoms with Crippen LogP contribution < -0.4 is 10.1 Å². The average Bonchev–Trinajstić information content (AvgIpc) is 3.31. The van der Waals surface area contributed by atoms with Crippen molar-refractivity contribution < 1.29 is 10.1 Å². The van der Waals surface area contributed by atoms with Gasteiger partial charge in [-0.3, -0.25) is 4.40 Å². The first-order valence-corrected chi connectivity index (χ1v) is 10.8. The smallest absolute Gasteiger partial charge is 0.215 e. The summed E-state index contributed by atoms with van der Waals surface area (Å²) in [7, 11) is 1.71. The van der Waals surface area contributed by atoms with E-state index in [1.54, 1.807) is 7.11 Å². The number of imidazole rings is 2. The van der Waals surface area contributed by atoms with Crippen LogP contribution in [0.15, 0.2) is 54.7 Å². The first-order chi connectivity index (χ1) is 14.3. The molecule has 5 heteroatoms. The minimum Gasteiger partial charge on any atom is -0.497 e. The number of rotatable bonds is 6. The number of nitrogens with zero attached hydrogens (tertiary/aromatic N) is 3. The number of benzene rings is 2. The molecule has 0 radical (unpaired) electrons. The molecule has 29 heavy (non-hydrogen) atoms. The lowest BCUT2D eigenvalue weighted by Crippen LogP contribution is -2.90. The molecule has 0 amide bonds. The molecule has 5 nitrogen and oxygen atoms in total. The number of aromatic nitrogens is 3. The van der Waals surface area contributed by atoms with Gasteiger partial charge in [-0.15, -0.1) is 0 Å².